The van der Waals surface area contributed by atoms with Gasteiger partial charge in [0.25, 0.3) is 0 Å². The summed E-state index contributed by atoms with van der Waals surface area (Å²) in [4.78, 5) is 4.59. The van der Waals surface area contributed by atoms with Gasteiger partial charge in [0.15, 0.2) is 0 Å². The molecule has 0 saturated heterocycles. The van der Waals surface area contributed by atoms with Crippen LogP contribution in [0.1, 0.15) is 5.56 Å². The zero-order valence-electron chi connectivity index (χ0n) is 8.01. The molecule has 0 spiro atoms. The molecule has 0 aliphatic rings. The average Bonchev–Trinajstić information content (AvgIpc) is 2.76. The lowest BCUT2D eigenvalue weighted by Crippen LogP contribution is -1.76. The van der Waals surface area contributed by atoms with Crippen molar-refractivity contribution < 1.29 is 0 Å². The Balaban J connectivity index is 1.97. The lowest BCUT2D eigenvalue weighted by molar-refractivity contribution is 1.40. The van der Waals surface area contributed by atoms with Crippen molar-refractivity contribution in [3.8, 4) is 0 Å². The van der Waals surface area contributed by atoms with Gasteiger partial charge in [-0.2, -0.15) is 11.3 Å². The molecule has 0 aliphatic carbocycles. The SMILES string of the molecule is [C-]#[N+]c1cc(SCc2ccccc2)cs1. The summed E-state index contributed by atoms with van der Waals surface area (Å²) >= 11 is 3.29. The van der Waals surface area contributed by atoms with Crippen LogP contribution in [0.2, 0.25) is 0 Å². The van der Waals surface area contributed by atoms with Crippen LogP contribution in [0.4, 0.5) is 5.00 Å². The Hall–Kier alpha value is -1.24. The lowest BCUT2D eigenvalue weighted by Gasteiger charge is -1.98. The third kappa shape index (κ3) is 2.85. The minimum atomic E-state index is 0.769. The summed E-state index contributed by atoms with van der Waals surface area (Å²) in [5.41, 5.74) is 1.32. The van der Waals surface area contributed by atoms with E-state index in [2.05, 4.69) is 17.0 Å². The van der Waals surface area contributed by atoms with Gasteiger partial charge < -0.3 is 0 Å². The highest BCUT2D eigenvalue weighted by Crippen LogP contribution is 2.31. The monoisotopic (exact) mass is 231 g/mol. The van der Waals surface area contributed by atoms with Crippen molar-refractivity contribution in [3.05, 3.63) is 58.8 Å². The van der Waals surface area contributed by atoms with E-state index < -0.39 is 0 Å². The number of thiophene rings is 1. The number of hydrogen-bond acceptors (Lipinski definition) is 2. The van der Waals surface area contributed by atoms with Crippen molar-refractivity contribution in [2.24, 2.45) is 0 Å². The second kappa shape index (κ2) is 5.01. The second-order valence-electron chi connectivity index (χ2n) is 3.01. The summed E-state index contributed by atoms with van der Waals surface area (Å²) in [5, 5.41) is 2.81. The average molecular weight is 231 g/mol. The van der Waals surface area contributed by atoms with Crippen LogP contribution in [0, 0.1) is 6.57 Å². The van der Waals surface area contributed by atoms with Crippen LogP contribution in [-0.2, 0) is 5.75 Å². The Kier molecular flexibility index (Phi) is 3.44. The molecule has 0 unspecified atom stereocenters. The van der Waals surface area contributed by atoms with E-state index in [4.69, 9.17) is 6.57 Å². The van der Waals surface area contributed by atoms with E-state index >= 15 is 0 Å². The highest BCUT2D eigenvalue weighted by Gasteiger charge is 1.99. The first kappa shape index (κ1) is 10.3. The number of benzene rings is 1. The molecule has 0 radical (unpaired) electrons. The number of hydrogen-bond donors (Lipinski definition) is 0. The highest BCUT2D eigenvalue weighted by molar-refractivity contribution is 7.98. The highest BCUT2D eigenvalue weighted by atomic mass is 32.2. The molecule has 1 heterocycles. The largest absolute Gasteiger partial charge is 0.242 e. The van der Waals surface area contributed by atoms with Gasteiger partial charge >= 0.3 is 0 Å². The van der Waals surface area contributed by atoms with Crippen LogP contribution in [0.5, 0.6) is 0 Å². The first-order valence-electron chi connectivity index (χ1n) is 4.51. The minimum absolute atomic E-state index is 0.769. The summed E-state index contributed by atoms with van der Waals surface area (Å²) in [6.07, 6.45) is 0. The summed E-state index contributed by atoms with van der Waals surface area (Å²) in [7, 11) is 0. The van der Waals surface area contributed by atoms with Gasteiger partial charge in [-0.05, 0) is 17.0 Å². The van der Waals surface area contributed by atoms with Crippen LogP contribution in [-0.4, -0.2) is 0 Å². The molecule has 3 heteroatoms. The Morgan fingerprint density at radius 1 is 1.27 bits per heavy atom. The fraction of sp³-hybridized carbons (Fsp3) is 0.0833. The van der Waals surface area contributed by atoms with Gasteiger partial charge in [0, 0.05) is 10.6 Å². The lowest BCUT2D eigenvalue weighted by atomic mass is 10.2. The molecule has 0 atom stereocenters. The van der Waals surface area contributed by atoms with Crippen molar-refractivity contribution in [1.82, 2.24) is 0 Å². The molecule has 74 valence electrons. The third-order valence-electron chi connectivity index (χ3n) is 1.92. The first-order valence-corrected chi connectivity index (χ1v) is 6.38. The summed E-state index contributed by atoms with van der Waals surface area (Å²) in [6, 6.07) is 12.3. The van der Waals surface area contributed by atoms with Crippen LogP contribution in [0.3, 0.4) is 0 Å². The first-order chi connectivity index (χ1) is 7.38. The molecule has 1 nitrogen and oxygen atoms in total. The molecule has 2 rings (SSSR count). The van der Waals surface area contributed by atoms with Gasteiger partial charge in [0.2, 0.25) is 5.00 Å². The quantitative estimate of drug-likeness (QED) is 0.552. The molecule has 1 aromatic carbocycles. The Labute approximate surface area is 97.6 Å². The maximum Gasteiger partial charge on any atom is 0.242 e. The zero-order chi connectivity index (χ0) is 10.5. The van der Waals surface area contributed by atoms with Crippen LogP contribution >= 0.6 is 23.1 Å². The maximum absolute atomic E-state index is 6.88. The second-order valence-corrected chi connectivity index (χ2v) is 4.95. The molecule has 2 aromatic rings. The molecule has 0 amide bonds. The molecule has 1 aromatic heterocycles. The Morgan fingerprint density at radius 2 is 2.07 bits per heavy atom. The van der Waals surface area contributed by atoms with Gasteiger partial charge in [0.05, 0.1) is 6.57 Å². The van der Waals surface area contributed by atoms with Gasteiger partial charge in [-0.1, -0.05) is 30.3 Å². The fourth-order valence-electron chi connectivity index (χ4n) is 1.18. The van der Waals surface area contributed by atoms with E-state index in [1.54, 1.807) is 11.8 Å². The van der Waals surface area contributed by atoms with Gasteiger partial charge in [-0.25, -0.2) is 4.85 Å². The van der Waals surface area contributed by atoms with Gasteiger partial charge in [-0.15, -0.1) is 11.8 Å². The van der Waals surface area contributed by atoms with E-state index in [1.807, 2.05) is 29.6 Å². The summed E-state index contributed by atoms with van der Waals surface area (Å²) < 4.78 is 0. The fourth-order valence-corrected chi connectivity index (χ4v) is 2.95. The molecule has 0 N–H and O–H groups in total. The third-order valence-corrected chi connectivity index (χ3v) is 3.94. The minimum Gasteiger partial charge on any atom is -0.227 e. The molecular weight excluding hydrogens is 222 g/mol. The van der Waals surface area contributed by atoms with E-state index in [0.717, 1.165) is 10.8 Å². The van der Waals surface area contributed by atoms with Crippen molar-refractivity contribution >= 4 is 28.1 Å². The topological polar surface area (TPSA) is 4.36 Å². The van der Waals surface area contributed by atoms with Gasteiger partial charge in [0.1, 0.15) is 0 Å². The van der Waals surface area contributed by atoms with E-state index in [9.17, 15) is 0 Å². The van der Waals surface area contributed by atoms with Crippen molar-refractivity contribution in [2.75, 3.05) is 0 Å². The maximum atomic E-state index is 6.88. The molecule has 0 saturated carbocycles. The normalized spacial score (nSPS) is 9.80. The molecule has 0 fully saturated rings. The Morgan fingerprint density at radius 3 is 2.73 bits per heavy atom. The van der Waals surface area contributed by atoms with E-state index in [0.29, 0.717) is 0 Å². The number of rotatable bonds is 3. The van der Waals surface area contributed by atoms with E-state index in [1.165, 1.54) is 21.8 Å². The molecule has 15 heavy (non-hydrogen) atoms. The predicted molar refractivity (Wildman–Crippen MR) is 66.6 cm³/mol. The van der Waals surface area contributed by atoms with Gasteiger partial charge in [-0.3, -0.25) is 0 Å². The number of thioether (sulfide) groups is 1. The summed E-state index contributed by atoms with van der Waals surface area (Å²) in [5.74, 6) is 0.967. The Bertz CT molecular complexity index is 468. The van der Waals surface area contributed by atoms with Crippen LogP contribution in [0.25, 0.3) is 4.85 Å². The van der Waals surface area contributed by atoms with Crippen LogP contribution in [0.15, 0.2) is 46.7 Å². The van der Waals surface area contributed by atoms with E-state index in [-0.39, 0.29) is 0 Å². The summed E-state index contributed by atoms with van der Waals surface area (Å²) in [6.45, 7) is 6.88. The van der Waals surface area contributed by atoms with Crippen LogP contribution < -0.4 is 0 Å². The van der Waals surface area contributed by atoms with Crippen molar-refractivity contribution in [3.63, 3.8) is 0 Å². The smallest absolute Gasteiger partial charge is 0.227 e. The van der Waals surface area contributed by atoms with Crippen molar-refractivity contribution in [1.29, 1.82) is 0 Å². The molecule has 0 aliphatic heterocycles. The zero-order valence-corrected chi connectivity index (χ0v) is 9.65. The number of nitrogens with zero attached hydrogens (tertiary/aromatic N) is 1. The standard InChI is InChI=1S/C12H9NS2/c1-13-12-7-11(9-15-12)14-8-10-5-3-2-4-6-10/h2-7,9H,8H2. The van der Waals surface area contributed by atoms with Crippen molar-refractivity contribution in [2.45, 2.75) is 10.6 Å². The predicted octanol–water partition coefficient (Wildman–Crippen LogP) is 4.59. The molecular formula is C12H9NS2. The molecule has 0 bridgehead atoms.